The van der Waals surface area contributed by atoms with E-state index in [9.17, 15) is 0 Å². The van der Waals surface area contributed by atoms with E-state index in [0.29, 0.717) is 0 Å². The average molecular weight is 209 g/mol. The van der Waals surface area contributed by atoms with Crippen LogP contribution in [-0.2, 0) is 0 Å². The molecule has 2 radical (unpaired) electrons. The Bertz CT molecular complexity index is 18.8. The van der Waals surface area contributed by atoms with E-state index in [-0.39, 0.29) is 0 Å². The summed E-state index contributed by atoms with van der Waals surface area (Å²) in [6.07, 6.45) is 0. The summed E-state index contributed by atoms with van der Waals surface area (Å²) in [7, 11) is 4.17. The molecule has 36 valence electrons. The topological polar surface area (TPSA) is 0 Å². The van der Waals surface area contributed by atoms with Crippen molar-refractivity contribution < 1.29 is 0 Å². The van der Waals surface area contributed by atoms with Gasteiger partial charge in [-0.25, -0.2) is 0 Å². The number of hydrogen-bond donors (Lipinski definition) is 0. The molecule has 0 rings (SSSR count). The van der Waals surface area contributed by atoms with Crippen LogP contribution in [0.1, 0.15) is 20.8 Å². The molecule has 0 aliphatic heterocycles. The second-order valence-corrected chi connectivity index (χ2v) is 1.73. The fraction of sp³-hybridized carbons (Fsp3) is 1.00. The first-order valence-electron chi connectivity index (χ1n) is 1.94. The van der Waals surface area contributed by atoms with Crippen LogP contribution >= 0.6 is 9.29 Å². The van der Waals surface area contributed by atoms with Gasteiger partial charge in [-0.1, -0.05) is 20.8 Å². The van der Waals surface area contributed by atoms with Crippen molar-refractivity contribution in [3.05, 3.63) is 0 Å². The first-order chi connectivity index (χ1) is 2.73. The molecule has 0 aromatic heterocycles. The summed E-state index contributed by atoms with van der Waals surface area (Å²) in [6, 6.07) is 0. The van der Waals surface area contributed by atoms with Gasteiger partial charge in [-0.2, -0.15) is 0 Å². The molecule has 0 spiro atoms. The van der Waals surface area contributed by atoms with Crippen LogP contribution < -0.4 is 0 Å². The molecular weight excluding hydrogens is 199 g/mol. The Labute approximate surface area is 56.6 Å². The predicted molar refractivity (Wildman–Crippen MR) is 33.9 cm³/mol. The summed E-state index contributed by atoms with van der Waals surface area (Å²) in [5.74, 6) is 0.833. The Kier molecular flexibility index (Phi) is 15.8. The Balaban J connectivity index is 0. The molecule has 0 aromatic rings. The van der Waals surface area contributed by atoms with E-state index in [2.05, 4.69) is 30.1 Å². The van der Waals surface area contributed by atoms with Crippen LogP contribution in [0.3, 0.4) is 0 Å². The van der Waals surface area contributed by atoms with Gasteiger partial charge in [-0.15, -0.1) is 0 Å². The minimum atomic E-state index is 0.833. The average Bonchev–Trinajstić information content (AvgIpc) is 1.41. The molecule has 0 aliphatic rings. The van der Waals surface area contributed by atoms with Crippen LogP contribution in [0.4, 0.5) is 0 Å². The molecule has 0 saturated heterocycles. The van der Waals surface area contributed by atoms with Crippen molar-refractivity contribution in [1.82, 2.24) is 0 Å². The molecule has 0 saturated carbocycles. The van der Waals surface area contributed by atoms with E-state index in [1.165, 1.54) is 0 Å². The molecule has 0 heterocycles. The third kappa shape index (κ3) is 78.1. The maximum atomic E-state index is 4.17. The van der Waals surface area contributed by atoms with Crippen molar-refractivity contribution in [2.24, 2.45) is 5.92 Å². The first kappa shape index (κ1) is 10.1. The van der Waals surface area contributed by atoms with Crippen molar-refractivity contribution in [3.8, 4) is 0 Å². The van der Waals surface area contributed by atoms with Crippen LogP contribution in [-0.4, -0.2) is 20.6 Å². The Morgan fingerprint density at radius 2 is 1.17 bits per heavy atom. The Hall–Kier alpha value is 1.02. The summed E-state index contributed by atoms with van der Waals surface area (Å²) in [4.78, 5) is 0. The first-order valence-corrected chi connectivity index (χ1v) is 5.84. The van der Waals surface area contributed by atoms with E-state index in [4.69, 9.17) is 0 Å². The van der Waals surface area contributed by atoms with Crippen LogP contribution in [0.25, 0.3) is 0 Å². The molecule has 0 bridgehead atoms. The van der Waals surface area contributed by atoms with Gasteiger partial charge in [0.1, 0.15) is 0 Å². The van der Waals surface area contributed by atoms with Gasteiger partial charge in [0.05, 0.1) is 0 Å². The zero-order valence-corrected chi connectivity index (χ0v) is 8.16. The Morgan fingerprint density at radius 1 is 1.17 bits per heavy atom. The third-order valence-electron chi connectivity index (χ3n) is 0. The zero-order valence-electron chi connectivity index (χ0n) is 4.49. The normalized spacial score (nSPS) is 6.67. The van der Waals surface area contributed by atoms with Gasteiger partial charge in [0.15, 0.2) is 0 Å². The molecule has 2 heteroatoms. The van der Waals surface area contributed by atoms with E-state index < -0.39 is 0 Å². The van der Waals surface area contributed by atoms with Crippen molar-refractivity contribution >= 4 is 29.9 Å². The fourth-order valence-electron chi connectivity index (χ4n) is 0. The standard InChI is InChI=1S/C4H10.S.Sn/c1-4(2)3;;/h4H,1-3H3;;. The monoisotopic (exact) mass is 210 g/mol. The van der Waals surface area contributed by atoms with Gasteiger partial charge < -0.3 is 0 Å². The zero-order chi connectivity index (χ0) is 5.58. The molecule has 0 N–H and O–H groups in total. The van der Waals surface area contributed by atoms with Gasteiger partial charge in [-0.3, -0.25) is 0 Å². The molecule has 0 nitrogen and oxygen atoms in total. The number of hydrogen-bond acceptors (Lipinski definition) is 1. The van der Waals surface area contributed by atoms with Crippen LogP contribution in [0.5, 0.6) is 0 Å². The van der Waals surface area contributed by atoms with Crippen molar-refractivity contribution in [3.63, 3.8) is 0 Å². The van der Waals surface area contributed by atoms with E-state index >= 15 is 0 Å². The minimum absolute atomic E-state index is 0.833. The summed E-state index contributed by atoms with van der Waals surface area (Å²) >= 11 is 1.13. The van der Waals surface area contributed by atoms with E-state index in [0.717, 1.165) is 26.5 Å². The van der Waals surface area contributed by atoms with Crippen molar-refractivity contribution in [2.45, 2.75) is 20.8 Å². The number of rotatable bonds is 0. The molecule has 0 aromatic carbocycles. The Morgan fingerprint density at radius 3 is 1.17 bits per heavy atom. The van der Waals surface area contributed by atoms with Crippen LogP contribution in [0.2, 0.25) is 0 Å². The molecule has 0 fully saturated rings. The van der Waals surface area contributed by atoms with Gasteiger partial charge in [0.25, 0.3) is 0 Å². The molecule has 0 aliphatic carbocycles. The summed E-state index contributed by atoms with van der Waals surface area (Å²) < 4.78 is 0. The molecule has 6 heavy (non-hydrogen) atoms. The molecule has 0 unspecified atom stereocenters. The summed E-state index contributed by atoms with van der Waals surface area (Å²) in [5, 5.41) is 0. The predicted octanol–water partition coefficient (Wildman–Crippen LogP) is 1.93. The second-order valence-electron chi connectivity index (χ2n) is 1.73. The quantitative estimate of drug-likeness (QED) is 0.549. The second kappa shape index (κ2) is 9.39. The molecular formula is C4H10SSn. The van der Waals surface area contributed by atoms with Crippen molar-refractivity contribution in [2.75, 3.05) is 0 Å². The fourth-order valence-corrected chi connectivity index (χ4v) is 0. The maximum absolute atomic E-state index is 4.17. The van der Waals surface area contributed by atoms with Crippen LogP contribution in [0, 0.1) is 5.92 Å². The van der Waals surface area contributed by atoms with Gasteiger partial charge in [0.2, 0.25) is 0 Å². The van der Waals surface area contributed by atoms with Gasteiger partial charge >= 0.3 is 29.9 Å². The van der Waals surface area contributed by atoms with Crippen molar-refractivity contribution in [1.29, 1.82) is 0 Å². The van der Waals surface area contributed by atoms with Gasteiger partial charge in [-0.05, 0) is 5.92 Å². The third-order valence-corrected chi connectivity index (χ3v) is 0. The van der Waals surface area contributed by atoms with E-state index in [1.807, 2.05) is 0 Å². The summed E-state index contributed by atoms with van der Waals surface area (Å²) in [5.41, 5.74) is 0. The van der Waals surface area contributed by atoms with Gasteiger partial charge in [0, 0.05) is 0 Å². The molecule has 0 atom stereocenters. The SMILES string of the molecule is CC(C)C.[S]=[Sn]. The summed E-state index contributed by atoms with van der Waals surface area (Å²) in [6.45, 7) is 6.50. The molecule has 0 amide bonds. The van der Waals surface area contributed by atoms with Crippen LogP contribution in [0.15, 0.2) is 0 Å². The van der Waals surface area contributed by atoms with E-state index in [1.54, 1.807) is 0 Å².